The van der Waals surface area contributed by atoms with E-state index in [1.165, 1.54) is 14.0 Å². The van der Waals surface area contributed by atoms with Crippen molar-refractivity contribution < 1.29 is 31.9 Å². The van der Waals surface area contributed by atoms with Crippen LogP contribution in [0.2, 0.25) is 5.02 Å². The molecule has 12 heteroatoms. The van der Waals surface area contributed by atoms with Crippen LogP contribution in [0.4, 0.5) is 28.9 Å². The number of anilines is 2. The van der Waals surface area contributed by atoms with E-state index in [9.17, 15) is 27.2 Å². The number of hydrogen-bond donors (Lipinski definition) is 1. The van der Waals surface area contributed by atoms with Crippen molar-refractivity contribution in [1.82, 2.24) is 4.90 Å². The monoisotopic (exact) mass is 434 g/mol. The fourth-order valence-electron chi connectivity index (χ4n) is 2.96. The maximum Gasteiger partial charge on any atom is 0.431 e. The lowest BCUT2D eigenvalue weighted by Crippen LogP contribution is -2.51. The van der Waals surface area contributed by atoms with Crippen LogP contribution in [-0.4, -0.2) is 55.2 Å². The average molecular weight is 435 g/mol. The summed E-state index contributed by atoms with van der Waals surface area (Å²) in [6.07, 6.45) is -4.38. The van der Waals surface area contributed by atoms with E-state index in [1.54, 1.807) is 0 Å². The Bertz CT molecular complexity index is 932. The van der Waals surface area contributed by atoms with E-state index in [2.05, 4.69) is 15.0 Å². The molecule has 0 saturated heterocycles. The Labute approximate surface area is 167 Å². The lowest BCUT2D eigenvalue weighted by Gasteiger charge is -2.35. The van der Waals surface area contributed by atoms with Crippen LogP contribution in [0, 0.1) is 5.82 Å². The number of hydrogen-bond acceptors (Lipinski definition) is 6. The highest BCUT2D eigenvalue weighted by molar-refractivity contribution is 6.33. The minimum atomic E-state index is -4.77. The molecule has 29 heavy (non-hydrogen) atoms. The number of rotatable bonds is 4. The maximum atomic E-state index is 14.6. The molecule has 2 aliphatic heterocycles. The average Bonchev–Trinajstić information content (AvgIpc) is 3.11. The molecule has 0 bridgehead atoms. The second-order valence-corrected chi connectivity index (χ2v) is 6.61. The Morgan fingerprint density at radius 2 is 2.07 bits per heavy atom. The second-order valence-electron chi connectivity index (χ2n) is 6.21. The summed E-state index contributed by atoms with van der Waals surface area (Å²) < 4.78 is 59.0. The van der Waals surface area contributed by atoms with Crippen molar-refractivity contribution >= 4 is 40.8 Å². The number of fused-ring (bicyclic) bond motifs is 1. The lowest BCUT2D eigenvalue weighted by atomic mass is 10.2. The third-order valence-electron chi connectivity index (χ3n) is 4.28. The summed E-state index contributed by atoms with van der Waals surface area (Å²) in [6.45, 7) is 1.37. The SMILES string of the molecule is COC(=O)C(C)Nc1cc(N2C(=O)C=C(C(F)(F)F)N3CCN=C32)c(F)cc1Cl. The lowest BCUT2D eigenvalue weighted by molar-refractivity contribution is -0.141. The van der Waals surface area contributed by atoms with Crippen LogP contribution in [0.1, 0.15) is 6.92 Å². The standard InChI is InChI=1S/C17H15ClF4N4O3/c1-8(15(28)29-2)24-11-6-12(10(19)5-9(11)18)26-14(27)7-13(17(20,21)22)25-4-3-23-16(25)26/h5-8,24H,3-4H2,1-2H3. The molecule has 3 rings (SSSR count). The Balaban J connectivity index is 2.04. The van der Waals surface area contributed by atoms with Gasteiger partial charge >= 0.3 is 12.1 Å². The van der Waals surface area contributed by atoms with E-state index < -0.39 is 35.6 Å². The van der Waals surface area contributed by atoms with Gasteiger partial charge in [0.1, 0.15) is 17.6 Å². The van der Waals surface area contributed by atoms with Gasteiger partial charge in [-0.15, -0.1) is 0 Å². The van der Waals surface area contributed by atoms with Gasteiger partial charge in [-0.2, -0.15) is 13.2 Å². The molecule has 1 amide bonds. The van der Waals surface area contributed by atoms with Crippen LogP contribution in [0.3, 0.4) is 0 Å². The first-order chi connectivity index (χ1) is 13.5. The molecular formula is C17H15ClF4N4O3. The number of aliphatic imine (C=N–C) groups is 1. The molecule has 1 aromatic carbocycles. The summed E-state index contributed by atoms with van der Waals surface area (Å²) in [5, 5.41) is 2.62. The highest BCUT2D eigenvalue weighted by Crippen LogP contribution is 2.37. The van der Waals surface area contributed by atoms with Crippen LogP contribution in [0.25, 0.3) is 0 Å². The number of carbonyl (C=O) groups excluding carboxylic acids is 2. The van der Waals surface area contributed by atoms with Crippen molar-refractivity contribution in [3.63, 3.8) is 0 Å². The fourth-order valence-corrected chi connectivity index (χ4v) is 3.17. The number of ether oxygens (including phenoxy) is 1. The minimum absolute atomic E-state index is 0.00617. The van der Waals surface area contributed by atoms with Gasteiger partial charge in [0, 0.05) is 12.6 Å². The fraction of sp³-hybridized carbons (Fsp3) is 0.353. The number of nitrogens with zero attached hydrogens (tertiary/aromatic N) is 3. The number of esters is 1. The van der Waals surface area contributed by atoms with E-state index >= 15 is 0 Å². The molecule has 0 spiro atoms. The van der Waals surface area contributed by atoms with Gasteiger partial charge in [0.05, 0.1) is 30.1 Å². The van der Waals surface area contributed by atoms with Crippen LogP contribution < -0.4 is 10.2 Å². The van der Waals surface area contributed by atoms with E-state index in [-0.39, 0.29) is 35.4 Å². The van der Waals surface area contributed by atoms with Gasteiger partial charge in [-0.05, 0) is 19.1 Å². The molecule has 2 heterocycles. The van der Waals surface area contributed by atoms with E-state index in [1.807, 2.05) is 0 Å². The summed E-state index contributed by atoms with van der Waals surface area (Å²) in [7, 11) is 1.18. The zero-order chi connectivity index (χ0) is 21.5. The third kappa shape index (κ3) is 3.86. The Morgan fingerprint density at radius 3 is 2.69 bits per heavy atom. The minimum Gasteiger partial charge on any atom is -0.467 e. The van der Waals surface area contributed by atoms with Crippen molar-refractivity contribution in [1.29, 1.82) is 0 Å². The Hall–Kier alpha value is -2.82. The number of alkyl halides is 3. The molecule has 1 unspecified atom stereocenters. The van der Waals surface area contributed by atoms with Gasteiger partial charge in [-0.3, -0.25) is 9.79 Å². The quantitative estimate of drug-likeness (QED) is 0.582. The summed E-state index contributed by atoms with van der Waals surface area (Å²) >= 11 is 6.00. The first kappa shape index (κ1) is 20.9. The van der Waals surface area contributed by atoms with Crippen LogP contribution in [0.5, 0.6) is 0 Å². The van der Waals surface area contributed by atoms with Crippen molar-refractivity contribution in [3.05, 3.63) is 34.7 Å². The first-order valence-electron chi connectivity index (χ1n) is 8.33. The summed E-state index contributed by atoms with van der Waals surface area (Å²) in [5.74, 6) is -3.01. The van der Waals surface area contributed by atoms with Crippen LogP contribution in [0.15, 0.2) is 28.9 Å². The second kappa shape index (κ2) is 7.54. The van der Waals surface area contributed by atoms with Gasteiger partial charge in [0.25, 0.3) is 5.91 Å². The molecule has 0 aromatic heterocycles. The van der Waals surface area contributed by atoms with Crippen molar-refractivity contribution in [2.75, 3.05) is 30.4 Å². The first-order valence-corrected chi connectivity index (χ1v) is 8.70. The molecule has 0 saturated carbocycles. The number of amides is 1. The largest absolute Gasteiger partial charge is 0.467 e. The van der Waals surface area contributed by atoms with Gasteiger partial charge in [0.15, 0.2) is 0 Å². The normalized spacial score (nSPS) is 17.6. The maximum absolute atomic E-state index is 14.6. The van der Waals surface area contributed by atoms with Crippen LogP contribution >= 0.6 is 11.6 Å². The van der Waals surface area contributed by atoms with Gasteiger partial charge < -0.3 is 15.0 Å². The number of methoxy groups -OCH3 is 1. The molecule has 1 N–H and O–H groups in total. The molecule has 1 atom stereocenters. The number of carbonyl (C=O) groups is 2. The molecule has 0 radical (unpaired) electrons. The van der Waals surface area contributed by atoms with Gasteiger partial charge in [-0.1, -0.05) is 11.6 Å². The Kier molecular flexibility index (Phi) is 5.44. The van der Waals surface area contributed by atoms with Crippen molar-refractivity contribution in [3.8, 4) is 0 Å². The van der Waals surface area contributed by atoms with Crippen molar-refractivity contribution in [2.24, 2.45) is 4.99 Å². The van der Waals surface area contributed by atoms with E-state index in [0.29, 0.717) is 6.08 Å². The third-order valence-corrected chi connectivity index (χ3v) is 4.60. The van der Waals surface area contributed by atoms with Crippen LogP contribution in [-0.2, 0) is 14.3 Å². The highest BCUT2D eigenvalue weighted by Gasteiger charge is 2.47. The number of nitrogens with one attached hydrogen (secondary N) is 1. The molecule has 1 aromatic rings. The number of benzene rings is 1. The molecule has 0 aliphatic carbocycles. The number of guanidine groups is 1. The predicted octanol–water partition coefficient (Wildman–Crippen LogP) is 2.92. The number of allylic oxidation sites excluding steroid dienone is 1. The molecule has 2 aliphatic rings. The molecule has 156 valence electrons. The summed E-state index contributed by atoms with van der Waals surface area (Å²) in [6, 6.07) is 1.16. The molecule has 0 fully saturated rings. The zero-order valence-electron chi connectivity index (χ0n) is 15.2. The summed E-state index contributed by atoms with van der Waals surface area (Å²) in [5.41, 5.74) is -1.44. The molecular weight excluding hydrogens is 420 g/mol. The topological polar surface area (TPSA) is 74.2 Å². The van der Waals surface area contributed by atoms with E-state index in [0.717, 1.165) is 21.9 Å². The van der Waals surface area contributed by atoms with Gasteiger partial charge in [0.2, 0.25) is 5.96 Å². The van der Waals surface area contributed by atoms with E-state index in [4.69, 9.17) is 11.6 Å². The van der Waals surface area contributed by atoms with Gasteiger partial charge in [-0.25, -0.2) is 14.1 Å². The predicted molar refractivity (Wildman–Crippen MR) is 97.1 cm³/mol. The number of halogens is 5. The molecule has 7 nitrogen and oxygen atoms in total. The highest BCUT2D eigenvalue weighted by atomic mass is 35.5. The zero-order valence-corrected chi connectivity index (χ0v) is 15.9. The smallest absolute Gasteiger partial charge is 0.431 e. The van der Waals surface area contributed by atoms with Crippen molar-refractivity contribution in [2.45, 2.75) is 19.1 Å². The summed E-state index contributed by atoms with van der Waals surface area (Å²) in [4.78, 5) is 29.6. The Morgan fingerprint density at radius 1 is 1.38 bits per heavy atom.